The Morgan fingerprint density at radius 1 is 0.400 bits per heavy atom. The molecule has 0 saturated heterocycles. The van der Waals surface area contributed by atoms with Crippen molar-refractivity contribution in [1.82, 2.24) is 9.13 Å². The van der Waals surface area contributed by atoms with Crippen molar-refractivity contribution in [3.05, 3.63) is 186 Å². The van der Waals surface area contributed by atoms with Gasteiger partial charge in [-0.15, -0.1) is 0 Å². The van der Waals surface area contributed by atoms with E-state index in [-0.39, 0.29) is 6.71 Å². The molecule has 2 aromatic heterocycles. The monoisotopic (exact) mass is 772 g/mol. The Labute approximate surface area is 352 Å². The molecule has 2 aliphatic carbocycles. The minimum atomic E-state index is -0.00868. The van der Waals surface area contributed by atoms with E-state index in [4.69, 9.17) is 0 Å². The molecule has 0 fully saturated rings. The first kappa shape index (κ1) is 34.2. The van der Waals surface area contributed by atoms with Gasteiger partial charge in [0.25, 0.3) is 6.71 Å². The number of nitrogens with zero attached hydrogens (tertiary/aromatic N) is 4. The molecule has 60 heavy (non-hydrogen) atoms. The summed E-state index contributed by atoms with van der Waals surface area (Å²) < 4.78 is 5.46. The summed E-state index contributed by atoms with van der Waals surface area (Å²) in [5.41, 5.74) is 21.8. The molecule has 13 rings (SSSR count). The van der Waals surface area contributed by atoms with Gasteiger partial charge in [-0.2, -0.15) is 0 Å². The summed E-state index contributed by atoms with van der Waals surface area (Å²) in [7, 11) is 0. The van der Waals surface area contributed by atoms with E-state index < -0.39 is 0 Å². The lowest BCUT2D eigenvalue weighted by atomic mass is 9.36. The Morgan fingerprint density at radius 2 is 0.817 bits per heavy atom. The number of hydrogen-bond acceptors (Lipinski definition) is 2. The van der Waals surface area contributed by atoms with Gasteiger partial charge in [0.05, 0.1) is 11.4 Å². The van der Waals surface area contributed by atoms with Crippen LogP contribution in [-0.4, -0.2) is 15.8 Å². The van der Waals surface area contributed by atoms with E-state index >= 15 is 0 Å². The molecule has 2 aliphatic heterocycles. The number of fused-ring (bicyclic) bond motifs is 10. The van der Waals surface area contributed by atoms with Crippen molar-refractivity contribution >= 4 is 79.0 Å². The number of benzene rings is 7. The number of aryl methyl sites for hydroxylation is 1. The van der Waals surface area contributed by atoms with Crippen LogP contribution < -0.4 is 26.4 Å². The van der Waals surface area contributed by atoms with Crippen LogP contribution in [0.1, 0.15) is 53.8 Å². The Morgan fingerprint density at radius 3 is 1.28 bits per heavy atom. The highest BCUT2D eigenvalue weighted by molar-refractivity contribution is 7.00. The van der Waals surface area contributed by atoms with Crippen molar-refractivity contribution in [2.45, 2.75) is 58.3 Å². The highest BCUT2D eigenvalue weighted by Crippen LogP contribution is 2.51. The summed E-state index contributed by atoms with van der Waals surface area (Å²) in [6, 6.07) is 59.5. The molecular formula is C55H45BN4. The Kier molecular flexibility index (Phi) is 7.49. The van der Waals surface area contributed by atoms with Crippen LogP contribution in [0.4, 0.5) is 34.1 Å². The third-order valence-corrected chi connectivity index (χ3v) is 14.0. The highest BCUT2D eigenvalue weighted by Gasteiger charge is 2.51. The zero-order chi connectivity index (χ0) is 39.5. The number of hydrogen-bond donors (Lipinski definition) is 0. The second kappa shape index (κ2) is 13.1. The summed E-state index contributed by atoms with van der Waals surface area (Å²) in [5.74, 6) is 0. The quantitative estimate of drug-likeness (QED) is 0.166. The minimum absolute atomic E-state index is 0.00868. The third-order valence-electron chi connectivity index (χ3n) is 14.0. The summed E-state index contributed by atoms with van der Waals surface area (Å²) in [4.78, 5) is 5.37. The van der Waals surface area contributed by atoms with Crippen LogP contribution in [0.2, 0.25) is 0 Å². The topological polar surface area (TPSA) is 16.3 Å². The molecule has 288 valence electrons. The second-order valence-corrected chi connectivity index (χ2v) is 17.5. The summed E-state index contributed by atoms with van der Waals surface area (Å²) in [6.07, 6.45) is 9.12. The van der Waals surface area contributed by atoms with Crippen LogP contribution in [0.25, 0.3) is 32.9 Å². The normalized spacial score (nSPS) is 15.1. The van der Waals surface area contributed by atoms with Gasteiger partial charge in [-0.1, -0.05) is 97.1 Å². The van der Waals surface area contributed by atoms with Gasteiger partial charge in [-0.3, -0.25) is 0 Å². The van der Waals surface area contributed by atoms with Crippen molar-refractivity contribution in [2.24, 2.45) is 0 Å². The molecule has 9 aromatic rings. The SMILES string of the molecule is Cc1cc2c3c(c1)N(c1ccc4ccccc4c1)c1c4c(n(-c5ccccc5)c1B3c1c(c3c(n1-c1ccccc1)CCCC3)N2c1ccc2ccccc2c1)CCCC4. The standard InChI is InChI=1S/C55H45BN4/c1-36-32-49-51-50(33-36)58(44-31-29-38-17-9-11-19-40(38)35-44)53-46-25-13-15-27-48(46)60(42-22-6-3-7-23-42)55(53)56(51)54-52(57(49)43-30-28-37-16-8-10-18-39(37)34-43)45-24-12-14-26-47(45)59(54)41-20-4-2-5-21-41/h2-11,16-23,28-35H,12-15,24-27H2,1H3. The van der Waals surface area contributed by atoms with Crippen LogP contribution in [-0.2, 0) is 25.7 Å². The molecule has 7 aromatic carbocycles. The van der Waals surface area contributed by atoms with Gasteiger partial charge in [-0.05, 0) is 163 Å². The maximum Gasteiger partial charge on any atom is 0.294 e. The first-order chi connectivity index (χ1) is 29.7. The smallest absolute Gasteiger partial charge is 0.294 e. The van der Waals surface area contributed by atoms with E-state index in [1.165, 1.54) is 137 Å². The molecule has 4 heterocycles. The summed E-state index contributed by atoms with van der Waals surface area (Å²) >= 11 is 0. The van der Waals surface area contributed by atoms with Gasteiger partial charge in [0, 0.05) is 56.7 Å². The molecule has 0 radical (unpaired) electrons. The Balaban J connectivity index is 1.22. The fraction of sp³-hybridized carbons (Fsp3) is 0.164. The molecule has 0 N–H and O–H groups in total. The first-order valence-electron chi connectivity index (χ1n) is 22.1. The predicted octanol–water partition coefficient (Wildman–Crippen LogP) is 11.7. The highest BCUT2D eigenvalue weighted by atomic mass is 15.2. The van der Waals surface area contributed by atoms with Crippen molar-refractivity contribution in [3.8, 4) is 11.4 Å². The van der Waals surface area contributed by atoms with Crippen LogP contribution in [0.3, 0.4) is 0 Å². The van der Waals surface area contributed by atoms with E-state index in [0.29, 0.717) is 0 Å². The van der Waals surface area contributed by atoms with Crippen molar-refractivity contribution in [1.29, 1.82) is 0 Å². The number of rotatable bonds is 4. The van der Waals surface area contributed by atoms with Gasteiger partial charge in [0.1, 0.15) is 0 Å². The van der Waals surface area contributed by atoms with Crippen LogP contribution in [0, 0.1) is 6.92 Å². The van der Waals surface area contributed by atoms with Crippen molar-refractivity contribution < 1.29 is 0 Å². The maximum atomic E-state index is 2.73. The molecular weight excluding hydrogens is 727 g/mol. The third kappa shape index (κ3) is 4.86. The van der Waals surface area contributed by atoms with Gasteiger partial charge in [0.2, 0.25) is 0 Å². The molecule has 0 atom stereocenters. The molecule has 4 nitrogen and oxygen atoms in total. The summed E-state index contributed by atoms with van der Waals surface area (Å²) in [5, 5.41) is 5.07. The molecule has 0 spiro atoms. The minimum Gasteiger partial charge on any atom is -0.323 e. The molecule has 5 heteroatoms. The van der Waals surface area contributed by atoms with Crippen LogP contribution in [0.5, 0.6) is 0 Å². The van der Waals surface area contributed by atoms with E-state index in [9.17, 15) is 0 Å². The second-order valence-electron chi connectivity index (χ2n) is 17.5. The van der Waals surface area contributed by atoms with E-state index in [0.717, 1.165) is 25.7 Å². The maximum absolute atomic E-state index is 2.73. The van der Waals surface area contributed by atoms with E-state index in [2.05, 4.69) is 184 Å². The largest absolute Gasteiger partial charge is 0.323 e. The van der Waals surface area contributed by atoms with Crippen LogP contribution in [0.15, 0.2) is 158 Å². The van der Waals surface area contributed by atoms with E-state index in [1.54, 1.807) is 0 Å². The van der Waals surface area contributed by atoms with Gasteiger partial charge in [-0.25, -0.2) is 0 Å². The lowest BCUT2D eigenvalue weighted by Gasteiger charge is -2.44. The van der Waals surface area contributed by atoms with Gasteiger partial charge >= 0.3 is 0 Å². The lowest BCUT2D eigenvalue weighted by Crippen LogP contribution is -2.64. The zero-order valence-corrected chi connectivity index (χ0v) is 34.0. The average Bonchev–Trinajstić information content (AvgIpc) is 3.83. The average molecular weight is 773 g/mol. The van der Waals surface area contributed by atoms with Gasteiger partial charge < -0.3 is 18.9 Å². The van der Waals surface area contributed by atoms with E-state index in [1.807, 2.05) is 0 Å². The van der Waals surface area contributed by atoms with Crippen LogP contribution >= 0.6 is 0 Å². The molecule has 0 unspecified atom stereocenters. The van der Waals surface area contributed by atoms with Crippen molar-refractivity contribution in [2.75, 3.05) is 9.80 Å². The fourth-order valence-electron chi connectivity index (χ4n) is 11.6. The molecule has 0 amide bonds. The molecule has 0 bridgehead atoms. The predicted molar refractivity (Wildman–Crippen MR) is 252 cm³/mol. The van der Waals surface area contributed by atoms with Crippen molar-refractivity contribution in [3.63, 3.8) is 0 Å². The number of aromatic nitrogens is 2. The number of anilines is 6. The fourth-order valence-corrected chi connectivity index (χ4v) is 11.6. The zero-order valence-electron chi connectivity index (χ0n) is 34.0. The first-order valence-corrected chi connectivity index (χ1v) is 22.1. The Hall–Kier alpha value is -6.72. The molecule has 0 saturated carbocycles. The van der Waals surface area contributed by atoms with Gasteiger partial charge in [0.15, 0.2) is 0 Å². The number of para-hydroxylation sites is 2. The Bertz CT molecular complexity index is 2980. The summed E-state index contributed by atoms with van der Waals surface area (Å²) in [6.45, 7) is 2.30. The molecule has 4 aliphatic rings. The lowest BCUT2D eigenvalue weighted by molar-refractivity contribution is 0.664.